The van der Waals surface area contributed by atoms with Crippen molar-refractivity contribution < 1.29 is 9.18 Å². The highest BCUT2D eigenvalue weighted by molar-refractivity contribution is 8.00. The molecule has 1 nitrogen and oxygen atoms in total. The molecule has 0 atom stereocenters. The third kappa shape index (κ3) is 4.34. The molecule has 0 spiro atoms. The maximum atomic E-state index is 12.8. The van der Waals surface area contributed by atoms with E-state index in [9.17, 15) is 9.18 Å². The largest absolute Gasteiger partial charge is 0.298 e. The summed E-state index contributed by atoms with van der Waals surface area (Å²) in [6.07, 6.45) is 5.76. The predicted octanol–water partition coefficient (Wildman–Crippen LogP) is 4.70. The normalized spacial score (nSPS) is 23.3. The molecule has 0 bridgehead atoms. The van der Waals surface area contributed by atoms with E-state index >= 15 is 0 Å². The van der Waals surface area contributed by atoms with Gasteiger partial charge in [0.1, 0.15) is 11.6 Å². The lowest BCUT2D eigenvalue weighted by Gasteiger charge is -2.26. The van der Waals surface area contributed by atoms with E-state index in [0.717, 1.165) is 23.7 Å². The number of rotatable bonds is 5. The molecule has 1 aromatic carbocycles. The summed E-state index contributed by atoms with van der Waals surface area (Å²) in [7, 11) is 0. The van der Waals surface area contributed by atoms with Gasteiger partial charge in [-0.05, 0) is 55.9 Å². The first-order valence-electron chi connectivity index (χ1n) is 7.10. The van der Waals surface area contributed by atoms with Crippen LogP contribution in [0.3, 0.4) is 0 Å². The third-order valence-electron chi connectivity index (χ3n) is 4.07. The summed E-state index contributed by atoms with van der Waals surface area (Å²) in [6.45, 7) is 2.23. The van der Waals surface area contributed by atoms with E-state index in [0.29, 0.717) is 11.5 Å². The van der Waals surface area contributed by atoms with Crippen molar-refractivity contribution in [3.8, 4) is 0 Å². The van der Waals surface area contributed by atoms with Crippen LogP contribution in [0.1, 0.15) is 39.0 Å². The molecule has 3 heteroatoms. The van der Waals surface area contributed by atoms with E-state index in [4.69, 9.17) is 0 Å². The lowest BCUT2D eigenvalue weighted by atomic mass is 9.79. The average molecular weight is 280 g/mol. The average Bonchev–Trinajstić information content (AvgIpc) is 2.46. The Morgan fingerprint density at radius 1 is 1.21 bits per heavy atom. The molecule has 0 N–H and O–H groups in total. The molecule has 0 heterocycles. The van der Waals surface area contributed by atoms with Crippen LogP contribution in [0.2, 0.25) is 0 Å². The van der Waals surface area contributed by atoms with Gasteiger partial charge in [0, 0.05) is 10.8 Å². The Bertz CT molecular complexity index is 407. The van der Waals surface area contributed by atoms with Crippen molar-refractivity contribution in [1.82, 2.24) is 0 Å². The van der Waals surface area contributed by atoms with Crippen LogP contribution in [0.25, 0.3) is 0 Å². The molecular weight excluding hydrogens is 259 g/mol. The molecule has 104 valence electrons. The first-order chi connectivity index (χ1) is 9.19. The second-order valence-electron chi connectivity index (χ2n) is 5.33. The molecule has 19 heavy (non-hydrogen) atoms. The van der Waals surface area contributed by atoms with Crippen molar-refractivity contribution in [2.75, 3.05) is 5.75 Å². The van der Waals surface area contributed by atoms with Crippen LogP contribution in [0.4, 0.5) is 4.39 Å². The zero-order valence-electron chi connectivity index (χ0n) is 11.4. The molecule has 0 unspecified atom stereocenters. The van der Waals surface area contributed by atoms with E-state index in [1.165, 1.54) is 43.2 Å². The molecule has 2 rings (SSSR count). The third-order valence-corrected chi connectivity index (χ3v) is 5.11. The molecule has 0 aliphatic heterocycles. The lowest BCUT2D eigenvalue weighted by Crippen LogP contribution is -2.23. The molecule has 1 aromatic rings. The molecule has 0 aromatic heterocycles. The summed E-state index contributed by atoms with van der Waals surface area (Å²) in [5.74, 6) is 1.74. The summed E-state index contributed by atoms with van der Waals surface area (Å²) < 4.78 is 12.8. The second kappa shape index (κ2) is 7.09. The Balaban J connectivity index is 1.77. The number of benzene rings is 1. The summed E-state index contributed by atoms with van der Waals surface area (Å²) in [6, 6.07) is 6.36. The molecule has 1 aliphatic rings. The summed E-state index contributed by atoms with van der Waals surface area (Å²) in [4.78, 5) is 13.1. The molecule has 0 radical (unpaired) electrons. The Morgan fingerprint density at radius 3 is 2.42 bits per heavy atom. The Labute approximate surface area is 119 Å². The van der Waals surface area contributed by atoms with Crippen LogP contribution in [0.15, 0.2) is 29.2 Å². The fraction of sp³-hybridized carbons (Fsp3) is 0.562. The van der Waals surface area contributed by atoms with Crippen LogP contribution >= 0.6 is 11.8 Å². The number of hydrogen-bond donors (Lipinski definition) is 0. The molecular formula is C16H21FOS. The van der Waals surface area contributed by atoms with Crippen molar-refractivity contribution in [2.45, 2.75) is 43.9 Å². The van der Waals surface area contributed by atoms with Crippen molar-refractivity contribution in [3.63, 3.8) is 0 Å². The van der Waals surface area contributed by atoms with Gasteiger partial charge < -0.3 is 0 Å². The van der Waals surface area contributed by atoms with Gasteiger partial charge in [-0.25, -0.2) is 4.39 Å². The van der Waals surface area contributed by atoms with Crippen molar-refractivity contribution >= 4 is 17.5 Å². The maximum absolute atomic E-state index is 12.8. The van der Waals surface area contributed by atoms with Gasteiger partial charge in [-0.1, -0.05) is 13.3 Å². The number of ketones is 1. The van der Waals surface area contributed by atoms with Crippen LogP contribution in [-0.2, 0) is 4.79 Å². The molecule has 1 saturated carbocycles. The Kier molecular flexibility index (Phi) is 5.44. The minimum atomic E-state index is -0.228. The van der Waals surface area contributed by atoms with E-state index in [1.807, 2.05) is 0 Å². The Morgan fingerprint density at radius 2 is 1.84 bits per heavy atom. The summed E-state index contributed by atoms with van der Waals surface area (Å²) in [5, 5.41) is 0. The van der Waals surface area contributed by atoms with Crippen molar-refractivity contribution in [3.05, 3.63) is 30.1 Å². The molecule has 0 saturated heterocycles. The highest BCUT2D eigenvalue weighted by Gasteiger charge is 2.25. The second-order valence-corrected chi connectivity index (χ2v) is 6.38. The number of hydrogen-bond acceptors (Lipinski definition) is 2. The van der Waals surface area contributed by atoms with E-state index in [2.05, 4.69) is 6.92 Å². The van der Waals surface area contributed by atoms with Crippen LogP contribution in [0, 0.1) is 17.7 Å². The van der Waals surface area contributed by atoms with Crippen LogP contribution < -0.4 is 0 Å². The summed E-state index contributed by atoms with van der Waals surface area (Å²) in [5.41, 5.74) is 0. The minimum Gasteiger partial charge on any atom is -0.298 e. The van der Waals surface area contributed by atoms with Gasteiger partial charge in [-0.3, -0.25) is 4.79 Å². The highest BCUT2D eigenvalue weighted by atomic mass is 32.2. The fourth-order valence-electron chi connectivity index (χ4n) is 2.70. The van der Waals surface area contributed by atoms with Gasteiger partial charge in [0.15, 0.2) is 0 Å². The lowest BCUT2D eigenvalue weighted by molar-refractivity contribution is -0.121. The number of carbonyl (C=O) groups is 1. The van der Waals surface area contributed by atoms with Gasteiger partial charge in [0.25, 0.3) is 0 Å². The number of thioether (sulfide) groups is 1. The molecule has 0 amide bonds. The number of Topliss-reactive ketones (excluding diaryl/α,β-unsaturated/α-hetero) is 1. The number of halogens is 1. The summed E-state index contributed by atoms with van der Waals surface area (Å²) >= 11 is 1.52. The van der Waals surface area contributed by atoms with E-state index < -0.39 is 0 Å². The maximum Gasteiger partial charge on any atom is 0.146 e. The fourth-order valence-corrected chi connectivity index (χ4v) is 3.57. The van der Waals surface area contributed by atoms with Crippen LogP contribution in [0.5, 0.6) is 0 Å². The van der Waals surface area contributed by atoms with Gasteiger partial charge in [0.05, 0.1) is 5.75 Å². The monoisotopic (exact) mass is 280 g/mol. The van der Waals surface area contributed by atoms with Gasteiger partial charge >= 0.3 is 0 Å². The topological polar surface area (TPSA) is 17.1 Å². The van der Waals surface area contributed by atoms with Gasteiger partial charge in [-0.15, -0.1) is 11.8 Å². The van der Waals surface area contributed by atoms with Gasteiger partial charge in [-0.2, -0.15) is 0 Å². The van der Waals surface area contributed by atoms with E-state index in [1.54, 1.807) is 12.1 Å². The van der Waals surface area contributed by atoms with Gasteiger partial charge in [0.2, 0.25) is 0 Å². The SMILES string of the molecule is CCC1CCC(C(=O)CSc2ccc(F)cc2)CC1. The predicted molar refractivity (Wildman–Crippen MR) is 77.9 cm³/mol. The van der Waals surface area contributed by atoms with E-state index in [-0.39, 0.29) is 11.7 Å². The molecule has 1 aliphatic carbocycles. The van der Waals surface area contributed by atoms with Crippen LogP contribution in [-0.4, -0.2) is 11.5 Å². The quantitative estimate of drug-likeness (QED) is 0.727. The Hall–Kier alpha value is -0.830. The standard InChI is InChI=1S/C16H21FOS/c1-2-12-3-5-13(6-4-12)16(18)11-19-15-9-7-14(17)8-10-15/h7-10,12-13H,2-6,11H2,1H3. The van der Waals surface area contributed by atoms with Crippen molar-refractivity contribution in [2.24, 2.45) is 11.8 Å². The smallest absolute Gasteiger partial charge is 0.146 e. The highest BCUT2D eigenvalue weighted by Crippen LogP contribution is 2.32. The zero-order chi connectivity index (χ0) is 13.7. The first kappa shape index (κ1) is 14.6. The number of carbonyl (C=O) groups excluding carboxylic acids is 1. The zero-order valence-corrected chi connectivity index (χ0v) is 12.2. The minimum absolute atomic E-state index is 0.228. The molecule has 1 fully saturated rings. The first-order valence-corrected chi connectivity index (χ1v) is 8.08. The van der Waals surface area contributed by atoms with Crippen molar-refractivity contribution in [1.29, 1.82) is 0 Å².